The number of anilines is 1. The van der Waals surface area contributed by atoms with Gasteiger partial charge >= 0.3 is 5.97 Å². The molecule has 1 aromatic carbocycles. The maximum Gasteiger partial charge on any atom is 0.335 e. The third kappa shape index (κ3) is 3.64. The maximum atomic E-state index is 12.3. The zero-order valence-corrected chi connectivity index (χ0v) is 13.5. The van der Waals surface area contributed by atoms with Crippen molar-refractivity contribution in [3.63, 3.8) is 0 Å². The summed E-state index contributed by atoms with van der Waals surface area (Å²) in [5.41, 5.74) is 1.16. The molecule has 1 amide bonds. The van der Waals surface area contributed by atoms with Crippen LogP contribution in [-0.4, -0.2) is 26.6 Å². The van der Waals surface area contributed by atoms with E-state index in [0.717, 1.165) is 18.0 Å². The van der Waals surface area contributed by atoms with Crippen LogP contribution < -0.4 is 5.32 Å². The van der Waals surface area contributed by atoms with Gasteiger partial charge in [-0.2, -0.15) is 0 Å². The van der Waals surface area contributed by atoms with Gasteiger partial charge < -0.3 is 10.4 Å². The van der Waals surface area contributed by atoms with Crippen LogP contribution in [0.1, 0.15) is 39.1 Å². The largest absolute Gasteiger partial charge is 0.478 e. The Morgan fingerprint density at radius 1 is 1.43 bits per heavy atom. The molecular weight excluding hydrogens is 358 g/mol. The topological polar surface area (TPSA) is 92.2 Å². The summed E-state index contributed by atoms with van der Waals surface area (Å²) >= 11 is 4.31. The third-order valence-electron chi connectivity index (χ3n) is 2.71. The van der Waals surface area contributed by atoms with E-state index in [9.17, 15) is 9.59 Å². The minimum Gasteiger partial charge on any atom is -0.478 e. The fourth-order valence-electron chi connectivity index (χ4n) is 1.71. The first kappa shape index (κ1) is 15.6. The van der Waals surface area contributed by atoms with Crippen molar-refractivity contribution in [2.75, 3.05) is 5.32 Å². The van der Waals surface area contributed by atoms with Crippen LogP contribution in [0.4, 0.5) is 5.69 Å². The van der Waals surface area contributed by atoms with E-state index in [0.29, 0.717) is 27.2 Å². The van der Waals surface area contributed by atoms with Gasteiger partial charge in [-0.1, -0.05) is 17.8 Å². The van der Waals surface area contributed by atoms with Crippen molar-refractivity contribution < 1.29 is 14.7 Å². The van der Waals surface area contributed by atoms with E-state index in [4.69, 9.17) is 5.11 Å². The summed E-state index contributed by atoms with van der Waals surface area (Å²) in [5, 5.41) is 15.6. The smallest absolute Gasteiger partial charge is 0.335 e. The lowest BCUT2D eigenvalue weighted by Crippen LogP contribution is -2.13. The standard InChI is InChI=1S/C13H12BrN3O3S/c1-2-3-9-11(21-17-16-9)12(18)15-10-6-7(13(19)20)4-5-8(10)14/h4-6H,2-3H2,1H3,(H,15,18)(H,19,20). The SMILES string of the molecule is CCCc1nnsc1C(=O)Nc1cc(C(=O)O)ccc1Br. The van der Waals surface area contributed by atoms with Crippen LogP contribution in [0.25, 0.3) is 0 Å². The minimum atomic E-state index is -1.05. The molecule has 0 unspecified atom stereocenters. The van der Waals surface area contributed by atoms with E-state index in [1.165, 1.54) is 12.1 Å². The summed E-state index contributed by atoms with van der Waals surface area (Å²) in [6.45, 7) is 1.99. The summed E-state index contributed by atoms with van der Waals surface area (Å²) < 4.78 is 4.40. The predicted molar refractivity (Wildman–Crippen MR) is 83.0 cm³/mol. The molecule has 2 aromatic rings. The van der Waals surface area contributed by atoms with Crippen LogP contribution in [0.2, 0.25) is 0 Å². The van der Waals surface area contributed by atoms with Crippen molar-refractivity contribution in [2.24, 2.45) is 0 Å². The second-order valence-corrected chi connectivity index (χ2v) is 5.86. The number of carbonyl (C=O) groups excluding carboxylic acids is 1. The summed E-state index contributed by atoms with van der Waals surface area (Å²) in [7, 11) is 0. The van der Waals surface area contributed by atoms with Crippen LogP contribution in [-0.2, 0) is 6.42 Å². The summed E-state index contributed by atoms with van der Waals surface area (Å²) in [6, 6.07) is 4.44. The van der Waals surface area contributed by atoms with Crippen LogP contribution in [0.15, 0.2) is 22.7 Å². The number of carboxylic acids is 1. The van der Waals surface area contributed by atoms with Crippen molar-refractivity contribution >= 4 is 45.0 Å². The Kier molecular flexibility index (Phi) is 5.03. The molecular formula is C13H12BrN3O3S. The summed E-state index contributed by atoms with van der Waals surface area (Å²) in [5.74, 6) is -1.39. The van der Waals surface area contributed by atoms with Gasteiger partial charge in [0.05, 0.1) is 16.9 Å². The van der Waals surface area contributed by atoms with Gasteiger partial charge in [0, 0.05) is 4.47 Å². The van der Waals surface area contributed by atoms with Crippen molar-refractivity contribution in [3.05, 3.63) is 38.8 Å². The van der Waals surface area contributed by atoms with Gasteiger partial charge in [-0.3, -0.25) is 4.79 Å². The van der Waals surface area contributed by atoms with E-state index in [2.05, 4.69) is 30.8 Å². The third-order valence-corrected chi connectivity index (χ3v) is 4.17. The number of benzene rings is 1. The molecule has 2 N–H and O–H groups in total. The molecule has 0 aliphatic heterocycles. The molecule has 1 aromatic heterocycles. The van der Waals surface area contributed by atoms with E-state index >= 15 is 0 Å². The van der Waals surface area contributed by atoms with E-state index in [1.807, 2.05) is 6.92 Å². The number of nitrogens with zero attached hydrogens (tertiary/aromatic N) is 2. The molecule has 0 atom stereocenters. The molecule has 0 bridgehead atoms. The Labute approximate surface area is 133 Å². The molecule has 2 rings (SSSR count). The Morgan fingerprint density at radius 3 is 2.86 bits per heavy atom. The molecule has 0 radical (unpaired) electrons. The minimum absolute atomic E-state index is 0.102. The number of amides is 1. The monoisotopic (exact) mass is 369 g/mol. The second-order valence-electron chi connectivity index (χ2n) is 4.25. The Bertz CT molecular complexity index is 687. The first-order valence-corrected chi connectivity index (χ1v) is 7.75. The van der Waals surface area contributed by atoms with Gasteiger partial charge in [0.2, 0.25) is 0 Å². The van der Waals surface area contributed by atoms with Crippen molar-refractivity contribution in [1.29, 1.82) is 0 Å². The van der Waals surface area contributed by atoms with Gasteiger partial charge in [-0.25, -0.2) is 4.79 Å². The lowest BCUT2D eigenvalue weighted by molar-refractivity contribution is 0.0696. The van der Waals surface area contributed by atoms with Crippen molar-refractivity contribution in [3.8, 4) is 0 Å². The van der Waals surface area contributed by atoms with E-state index in [-0.39, 0.29) is 11.5 Å². The average molecular weight is 370 g/mol. The first-order chi connectivity index (χ1) is 10.0. The van der Waals surface area contributed by atoms with Crippen LogP contribution in [0, 0.1) is 0 Å². The highest BCUT2D eigenvalue weighted by Gasteiger charge is 2.17. The number of rotatable bonds is 5. The van der Waals surface area contributed by atoms with E-state index < -0.39 is 5.97 Å². The second kappa shape index (κ2) is 6.77. The van der Waals surface area contributed by atoms with Crippen molar-refractivity contribution in [2.45, 2.75) is 19.8 Å². The van der Waals surface area contributed by atoms with Gasteiger partial charge in [0.1, 0.15) is 4.88 Å². The summed E-state index contributed by atoms with van der Waals surface area (Å²) in [4.78, 5) is 23.7. The Morgan fingerprint density at radius 2 is 2.19 bits per heavy atom. The number of hydrogen-bond donors (Lipinski definition) is 2. The predicted octanol–water partition coefficient (Wildman–Crippen LogP) is 3.20. The summed E-state index contributed by atoms with van der Waals surface area (Å²) in [6.07, 6.45) is 1.54. The molecule has 0 fully saturated rings. The normalized spacial score (nSPS) is 10.4. The molecule has 1 heterocycles. The molecule has 0 saturated carbocycles. The van der Waals surface area contributed by atoms with Crippen LogP contribution in [0.5, 0.6) is 0 Å². The fourth-order valence-corrected chi connectivity index (χ4v) is 2.66. The van der Waals surface area contributed by atoms with Gasteiger partial charge in [0.15, 0.2) is 0 Å². The molecule has 0 aliphatic carbocycles. The number of nitrogens with one attached hydrogen (secondary N) is 1. The maximum absolute atomic E-state index is 12.3. The quantitative estimate of drug-likeness (QED) is 0.843. The molecule has 0 aliphatic rings. The number of aromatic nitrogens is 2. The van der Waals surface area contributed by atoms with Gasteiger partial charge in [0.25, 0.3) is 5.91 Å². The highest BCUT2D eigenvalue weighted by atomic mass is 79.9. The molecule has 6 nitrogen and oxygen atoms in total. The zero-order chi connectivity index (χ0) is 15.4. The Hall–Kier alpha value is -1.80. The highest BCUT2D eigenvalue weighted by molar-refractivity contribution is 9.10. The van der Waals surface area contributed by atoms with Gasteiger partial charge in [-0.15, -0.1) is 5.10 Å². The fraction of sp³-hybridized carbons (Fsp3) is 0.231. The number of carboxylic acid groups (broad SMARTS) is 1. The number of carbonyl (C=O) groups is 2. The number of aryl methyl sites for hydroxylation is 1. The number of aromatic carboxylic acids is 1. The first-order valence-electron chi connectivity index (χ1n) is 6.18. The van der Waals surface area contributed by atoms with Crippen LogP contribution >= 0.6 is 27.5 Å². The number of halogens is 1. The van der Waals surface area contributed by atoms with E-state index in [1.54, 1.807) is 6.07 Å². The molecule has 0 spiro atoms. The average Bonchev–Trinajstić information content (AvgIpc) is 2.89. The number of hydrogen-bond acceptors (Lipinski definition) is 5. The van der Waals surface area contributed by atoms with Crippen molar-refractivity contribution in [1.82, 2.24) is 9.59 Å². The molecule has 21 heavy (non-hydrogen) atoms. The molecule has 0 saturated heterocycles. The molecule has 110 valence electrons. The van der Waals surface area contributed by atoms with Gasteiger partial charge in [-0.05, 0) is 52.1 Å². The lowest BCUT2D eigenvalue weighted by Gasteiger charge is -2.07. The zero-order valence-electron chi connectivity index (χ0n) is 11.1. The Balaban J connectivity index is 2.25. The molecule has 8 heteroatoms. The highest BCUT2D eigenvalue weighted by Crippen LogP contribution is 2.25. The lowest BCUT2D eigenvalue weighted by atomic mass is 10.2. The van der Waals surface area contributed by atoms with Crippen LogP contribution in [0.3, 0.4) is 0 Å².